The van der Waals surface area contributed by atoms with Gasteiger partial charge in [-0.3, -0.25) is 4.79 Å². The number of hydrogen-bond acceptors (Lipinski definition) is 5. The zero-order chi connectivity index (χ0) is 15.4. The molecule has 2 fully saturated rings. The van der Waals surface area contributed by atoms with E-state index in [1.54, 1.807) is 7.11 Å². The molecule has 0 radical (unpaired) electrons. The summed E-state index contributed by atoms with van der Waals surface area (Å²) in [5, 5.41) is 0. The molecule has 0 saturated carbocycles. The Morgan fingerprint density at radius 2 is 1.95 bits per heavy atom. The third-order valence-corrected chi connectivity index (χ3v) is 4.41. The molecule has 2 aliphatic rings. The highest BCUT2D eigenvalue weighted by molar-refractivity contribution is 5.79. The van der Waals surface area contributed by atoms with Gasteiger partial charge < -0.3 is 19.3 Å². The summed E-state index contributed by atoms with van der Waals surface area (Å²) in [7, 11) is 1.62. The molecule has 0 bridgehead atoms. The molecule has 1 aromatic rings. The van der Waals surface area contributed by atoms with Crippen molar-refractivity contribution in [2.75, 3.05) is 51.4 Å². The van der Waals surface area contributed by atoms with Crippen molar-refractivity contribution in [1.29, 1.82) is 0 Å². The zero-order valence-electron chi connectivity index (χ0n) is 13.0. The fourth-order valence-corrected chi connectivity index (χ4v) is 3.09. The molecule has 2 saturated heterocycles. The Hall–Kier alpha value is -1.82. The molecule has 120 valence electrons. The van der Waals surface area contributed by atoms with Crippen LogP contribution in [0.5, 0.6) is 5.88 Å². The van der Waals surface area contributed by atoms with Crippen LogP contribution >= 0.6 is 0 Å². The van der Waals surface area contributed by atoms with Crippen LogP contribution in [0.4, 0.5) is 5.82 Å². The Morgan fingerprint density at radius 1 is 1.23 bits per heavy atom. The Bertz CT molecular complexity index is 509. The highest BCUT2D eigenvalue weighted by atomic mass is 16.5. The summed E-state index contributed by atoms with van der Waals surface area (Å²) in [4.78, 5) is 21.2. The fourth-order valence-electron chi connectivity index (χ4n) is 3.09. The molecule has 1 amide bonds. The summed E-state index contributed by atoms with van der Waals surface area (Å²) >= 11 is 0. The number of amides is 1. The standard InChI is InChI=1S/C16H23N3O3/c1-21-15-4-2-3-14(17-15)18-7-5-13(6-8-18)16(20)19-9-11-22-12-10-19/h2-4,13H,5-12H2,1H3. The quantitative estimate of drug-likeness (QED) is 0.839. The van der Waals surface area contributed by atoms with Crippen LogP contribution in [-0.4, -0.2) is 62.3 Å². The number of hydrogen-bond donors (Lipinski definition) is 0. The van der Waals surface area contributed by atoms with Crippen LogP contribution < -0.4 is 9.64 Å². The minimum atomic E-state index is 0.139. The molecule has 0 atom stereocenters. The smallest absolute Gasteiger partial charge is 0.225 e. The number of ether oxygens (including phenoxy) is 2. The highest BCUT2D eigenvalue weighted by Gasteiger charge is 2.29. The van der Waals surface area contributed by atoms with Crippen molar-refractivity contribution >= 4 is 11.7 Å². The lowest BCUT2D eigenvalue weighted by molar-refractivity contribution is -0.140. The van der Waals surface area contributed by atoms with Gasteiger partial charge in [0.2, 0.25) is 11.8 Å². The molecule has 6 nitrogen and oxygen atoms in total. The van der Waals surface area contributed by atoms with Gasteiger partial charge in [0.15, 0.2) is 0 Å². The van der Waals surface area contributed by atoms with Gasteiger partial charge >= 0.3 is 0 Å². The van der Waals surface area contributed by atoms with Crippen molar-refractivity contribution in [3.8, 4) is 5.88 Å². The van der Waals surface area contributed by atoms with Crippen LogP contribution in [-0.2, 0) is 9.53 Å². The maximum absolute atomic E-state index is 12.5. The van der Waals surface area contributed by atoms with E-state index in [4.69, 9.17) is 9.47 Å². The predicted molar refractivity (Wildman–Crippen MR) is 83.1 cm³/mol. The second-order valence-electron chi connectivity index (χ2n) is 5.74. The van der Waals surface area contributed by atoms with E-state index in [9.17, 15) is 4.79 Å². The summed E-state index contributed by atoms with van der Waals surface area (Å²) in [5.41, 5.74) is 0. The summed E-state index contributed by atoms with van der Waals surface area (Å²) < 4.78 is 10.5. The van der Waals surface area contributed by atoms with E-state index < -0.39 is 0 Å². The predicted octanol–water partition coefficient (Wildman–Crippen LogP) is 1.17. The number of aromatic nitrogens is 1. The molecule has 2 aliphatic heterocycles. The molecule has 0 N–H and O–H groups in total. The molecule has 0 unspecified atom stereocenters. The Balaban J connectivity index is 1.56. The average Bonchev–Trinajstić information content (AvgIpc) is 2.62. The maximum Gasteiger partial charge on any atom is 0.225 e. The SMILES string of the molecule is COc1cccc(N2CCC(C(=O)N3CCOCC3)CC2)n1. The monoisotopic (exact) mass is 305 g/mol. The fraction of sp³-hybridized carbons (Fsp3) is 0.625. The van der Waals surface area contributed by atoms with Crippen LogP contribution in [0.2, 0.25) is 0 Å². The van der Waals surface area contributed by atoms with Gasteiger partial charge in [-0.15, -0.1) is 0 Å². The number of anilines is 1. The molecule has 3 rings (SSSR count). The number of rotatable bonds is 3. The Kier molecular flexibility index (Phi) is 4.77. The van der Waals surface area contributed by atoms with Crippen molar-refractivity contribution in [3.05, 3.63) is 18.2 Å². The molecule has 1 aromatic heterocycles. The van der Waals surface area contributed by atoms with Gasteiger partial charge in [0, 0.05) is 38.2 Å². The lowest BCUT2D eigenvalue weighted by Gasteiger charge is -2.36. The second kappa shape index (κ2) is 6.96. The first-order valence-corrected chi connectivity index (χ1v) is 7.90. The normalized spacial score (nSPS) is 20.0. The Morgan fingerprint density at radius 3 is 2.64 bits per heavy atom. The van der Waals surface area contributed by atoms with Gasteiger partial charge in [-0.05, 0) is 18.9 Å². The largest absolute Gasteiger partial charge is 0.481 e. The average molecular weight is 305 g/mol. The van der Waals surface area contributed by atoms with Crippen molar-refractivity contribution in [3.63, 3.8) is 0 Å². The molecule has 0 aromatic carbocycles. The number of nitrogens with zero attached hydrogens (tertiary/aromatic N) is 3. The lowest BCUT2D eigenvalue weighted by Crippen LogP contribution is -2.46. The van der Waals surface area contributed by atoms with E-state index in [-0.39, 0.29) is 5.92 Å². The van der Waals surface area contributed by atoms with Crippen molar-refractivity contribution in [1.82, 2.24) is 9.88 Å². The molecule has 3 heterocycles. The van der Waals surface area contributed by atoms with Crippen LogP contribution in [0.3, 0.4) is 0 Å². The molecule has 0 aliphatic carbocycles. The summed E-state index contributed by atoms with van der Waals surface area (Å²) in [6, 6.07) is 5.79. The first-order valence-electron chi connectivity index (χ1n) is 7.90. The van der Waals surface area contributed by atoms with E-state index in [1.165, 1.54) is 0 Å². The number of methoxy groups -OCH3 is 1. The van der Waals surface area contributed by atoms with E-state index in [1.807, 2.05) is 23.1 Å². The molecular weight excluding hydrogens is 282 g/mol. The molecule has 0 spiro atoms. The first-order chi connectivity index (χ1) is 10.8. The number of piperidine rings is 1. The number of carbonyl (C=O) groups is 1. The highest BCUT2D eigenvalue weighted by Crippen LogP contribution is 2.25. The second-order valence-corrected chi connectivity index (χ2v) is 5.74. The van der Waals surface area contributed by atoms with Crippen LogP contribution in [0.15, 0.2) is 18.2 Å². The third-order valence-electron chi connectivity index (χ3n) is 4.41. The van der Waals surface area contributed by atoms with Crippen molar-refractivity contribution in [2.24, 2.45) is 5.92 Å². The van der Waals surface area contributed by atoms with Gasteiger partial charge in [-0.1, -0.05) is 6.07 Å². The zero-order valence-corrected chi connectivity index (χ0v) is 13.0. The number of morpholine rings is 1. The van der Waals surface area contributed by atoms with E-state index >= 15 is 0 Å². The van der Waals surface area contributed by atoms with Gasteiger partial charge in [0.25, 0.3) is 0 Å². The van der Waals surface area contributed by atoms with Gasteiger partial charge in [-0.2, -0.15) is 4.98 Å². The van der Waals surface area contributed by atoms with Crippen LogP contribution in [0, 0.1) is 5.92 Å². The van der Waals surface area contributed by atoms with E-state index in [2.05, 4.69) is 9.88 Å². The van der Waals surface area contributed by atoms with Gasteiger partial charge in [0.05, 0.1) is 20.3 Å². The number of pyridine rings is 1. The first kappa shape index (κ1) is 15.1. The summed E-state index contributed by atoms with van der Waals surface area (Å²) in [5.74, 6) is 1.99. The third kappa shape index (κ3) is 3.32. The maximum atomic E-state index is 12.5. The lowest BCUT2D eigenvalue weighted by atomic mass is 9.95. The molecule has 6 heteroatoms. The number of carbonyl (C=O) groups excluding carboxylic acids is 1. The van der Waals surface area contributed by atoms with Gasteiger partial charge in [0.1, 0.15) is 5.82 Å². The van der Waals surface area contributed by atoms with Crippen LogP contribution in [0.1, 0.15) is 12.8 Å². The molecule has 22 heavy (non-hydrogen) atoms. The van der Waals surface area contributed by atoms with E-state index in [0.717, 1.165) is 44.8 Å². The van der Waals surface area contributed by atoms with Crippen molar-refractivity contribution in [2.45, 2.75) is 12.8 Å². The van der Waals surface area contributed by atoms with Crippen molar-refractivity contribution < 1.29 is 14.3 Å². The Labute approximate surface area is 131 Å². The summed E-state index contributed by atoms with van der Waals surface area (Å²) in [6.45, 7) is 4.52. The van der Waals surface area contributed by atoms with Crippen LogP contribution in [0.25, 0.3) is 0 Å². The topological polar surface area (TPSA) is 54.9 Å². The van der Waals surface area contributed by atoms with E-state index in [0.29, 0.717) is 25.0 Å². The minimum absolute atomic E-state index is 0.139. The summed E-state index contributed by atoms with van der Waals surface area (Å²) in [6.07, 6.45) is 1.77. The van der Waals surface area contributed by atoms with Gasteiger partial charge in [-0.25, -0.2) is 0 Å². The minimum Gasteiger partial charge on any atom is -0.481 e. The molecular formula is C16H23N3O3.